The van der Waals surface area contributed by atoms with Gasteiger partial charge in [-0.15, -0.1) is 0 Å². The van der Waals surface area contributed by atoms with E-state index in [1.165, 1.54) is 0 Å². The summed E-state index contributed by atoms with van der Waals surface area (Å²) in [5, 5.41) is 9.08. The lowest BCUT2D eigenvalue weighted by Crippen LogP contribution is -2.41. The molecule has 1 aromatic heterocycles. The van der Waals surface area contributed by atoms with E-state index >= 15 is 0 Å². The second kappa shape index (κ2) is 7.09. The molecular formula is C17H26N2O3. The molecule has 0 saturated carbocycles. The normalized spacial score (nSPS) is 21.9. The fraction of sp³-hybridized carbons (Fsp3) is 0.647. The van der Waals surface area contributed by atoms with Crippen molar-refractivity contribution in [2.75, 3.05) is 6.61 Å². The van der Waals surface area contributed by atoms with Crippen molar-refractivity contribution in [3.05, 3.63) is 30.1 Å². The third-order valence-corrected chi connectivity index (χ3v) is 3.87. The number of carbonyl (C=O) groups excluding carboxylic acids is 1. The Morgan fingerprint density at radius 3 is 2.82 bits per heavy atom. The molecule has 0 unspecified atom stereocenters. The highest BCUT2D eigenvalue weighted by Gasteiger charge is 2.39. The van der Waals surface area contributed by atoms with E-state index in [1.807, 2.05) is 44.0 Å². The minimum absolute atomic E-state index is 0.00671. The van der Waals surface area contributed by atoms with Crippen LogP contribution in [0.5, 0.6) is 0 Å². The van der Waals surface area contributed by atoms with E-state index in [9.17, 15) is 4.79 Å². The highest BCUT2D eigenvalue weighted by atomic mass is 16.6. The Morgan fingerprint density at radius 2 is 2.23 bits per heavy atom. The first-order chi connectivity index (χ1) is 10.4. The quantitative estimate of drug-likeness (QED) is 0.927. The zero-order valence-corrected chi connectivity index (χ0v) is 13.7. The van der Waals surface area contributed by atoms with E-state index in [-0.39, 0.29) is 24.8 Å². The van der Waals surface area contributed by atoms with Gasteiger partial charge in [0, 0.05) is 25.0 Å². The van der Waals surface area contributed by atoms with Crippen LogP contribution in [0.3, 0.4) is 0 Å². The van der Waals surface area contributed by atoms with Crippen molar-refractivity contribution < 1.29 is 14.6 Å². The van der Waals surface area contributed by atoms with Crippen LogP contribution in [0.1, 0.15) is 58.1 Å². The predicted octanol–water partition coefficient (Wildman–Crippen LogP) is 3.29. The summed E-state index contributed by atoms with van der Waals surface area (Å²) < 4.78 is 5.59. The van der Waals surface area contributed by atoms with Gasteiger partial charge in [-0.3, -0.25) is 9.88 Å². The first-order valence-corrected chi connectivity index (χ1v) is 7.94. The highest BCUT2D eigenvalue weighted by molar-refractivity contribution is 5.69. The molecule has 0 radical (unpaired) electrons. The summed E-state index contributed by atoms with van der Waals surface area (Å²) >= 11 is 0. The smallest absolute Gasteiger partial charge is 0.411 e. The maximum atomic E-state index is 12.6. The van der Waals surface area contributed by atoms with Crippen LogP contribution in [0.2, 0.25) is 0 Å². The molecule has 1 aliphatic rings. The first-order valence-electron chi connectivity index (χ1n) is 7.94. The van der Waals surface area contributed by atoms with E-state index in [1.54, 1.807) is 6.20 Å². The molecule has 5 heteroatoms. The molecule has 2 atom stereocenters. The molecule has 122 valence electrons. The van der Waals surface area contributed by atoms with Gasteiger partial charge in [0.25, 0.3) is 0 Å². The Labute approximate surface area is 132 Å². The lowest BCUT2D eigenvalue weighted by Gasteiger charge is -2.32. The van der Waals surface area contributed by atoms with Gasteiger partial charge in [-0.05, 0) is 58.1 Å². The summed E-state index contributed by atoms with van der Waals surface area (Å²) in [5.74, 6) is 0. The van der Waals surface area contributed by atoms with Gasteiger partial charge in [-0.25, -0.2) is 4.79 Å². The van der Waals surface area contributed by atoms with E-state index in [0.717, 1.165) is 24.8 Å². The van der Waals surface area contributed by atoms with Crippen LogP contribution in [-0.2, 0) is 4.74 Å². The summed E-state index contributed by atoms with van der Waals surface area (Å²) in [7, 11) is 0. The molecule has 1 amide bonds. The van der Waals surface area contributed by atoms with Crippen molar-refractivity contribution in [1.29, 1.82) is 0 Å². The summed E-state index contributed by atoms with van der Waals surface area (Å²) in [6.07, 6.45) is 6.60. The topological polar surface area (TPSA) is 62.7 Å². The minimum atomic E-state index is -0.513. The van der Waals surface area contributed by atoms with Gasteiger partial charge < -0.3 is 9.84 Å². The van der Waals surface area contributed by atoms with Gasteiger partial charge in [0.05, 0.1) is 6.04 Å². The Kier molecular flexibility index (Phi) is 5.40. The molecule has 1 N–H and O–H groups in total. The molecule has 0 aliphatic carbocycles. The van der Waals surface area contributed by atoms with Gasteiger partial charge >= 0.3 is 6.09 Å². The Balaban J connectivity index is 2.20. The average molecular weight is 306 g/mol. The predicted molar refractivity (Wildman–Crippen MR) is 84.4 cm³/mol. The van der Waals surface area contributed by atoms with Crippen molar-refractivity contribution in [2.45, 2.75) is 64.1 Å². The zero-order chi connectivity index (χ0) is 16.2. The van der Waals surface area contributed by atoms with Crippen molar-refractivity contribution in [3.8, 4) is 0 Å². The van der Waals surface area contributed by atoms with Crippen LogP contribution in [0.25, 0.3) is 0 Å². The van der Waals surface area contributed by atoms with Gasteiger partial charge in [0.2, 0.25) is 0 Å². The first kappa shape index (κ1) is 16.7. The number of aliphatic hydroxyl groups excluding tert-OH is 1. The molecule has 0 bridgehead atoms. The van der Waals surface area contributed by atoms with Crippen LogP contribution in [0.15, 0.2) is 24.5 Å². The Bertz CT molecular complexity index is 484. The number of ether oxygens (including phenoxy) is 1. The number of pyridine rings is 1. The number of likely N-dealkylation sites (tertiary alicyclic amines) is 1. The van der Waals surface area contributed by atoms with Crippen LogP contribution >= 0.6 is 0 Å². The highest BCUT2D eigenvalue weighted by Crippen LogP contribution is 2.38. The molecule has 1 fully saturated rings. The third kappa shape index (κ3) is 4.19. The molecule has 0 spiro atoms. The second-order valence-corrected chi connectivity index (χ2v) is 6.79. The summed E-state index contributed by atoms with van der Waals surface area (Å²) in [6, 6.07) is 4.02. The largest absolute Gasteiger partial charge is 0.444 e. The second-order valence-electron chi connectivity index (χ2n) is 6.79. The number of rotatable bonds is 4. The summed E-state index contributed by atoms with van der Waals surface area (Å²) in [4.78, 5) is 18.7. The average Bonchev–Trinajstić information content (AvgIpc) is 2.88. The van der Waals surface area contributed by atoms with Crippen molar-refractivity contribution in [2.24, 2.45) is 0 Å². The Morgan fingerprint density at radius 1 is 1.45 bits per heavy atom. The molecule has 2 heterocycles. The van der Waals surface area contributed by atoms with Gasteiger partial charge in [-0.2, -0.15) is 0 Å². The number of nitrogens with zero attached hydrogens (tertiary/aromatic N) is 2. The zero-order valence-electron chi connectivity index (χ0n) is 13.7. The lowest BCUT2D eigenvalue weighted by atomic mass is 10.1. The van der Waals surface area contributed by atoms with Crippen LogP contribution in [0, 0.1) is 0 Å². The van der Waals surface area contributed by atoms with Gasteiger partial charge in [0.1, 0.15) is 5.60 Å². The van der Waals surface area contributed by atoms with Crippen molar-refractivity contribution >= 4 is 6.09 Å². The van der Waals surface area contributed by atoms with Gasteiger partial charge in [-0.1, -0.05) is 6.07 Å². The maximum Gasteiger partial charge on any atom is 0.411 e. The molecular weight excluding hydrogens is 280 g/mol. The van der Waals surface area contributed by atoms with E-state index in [2.05, 4.69) is 4.98 Å². The van der Waals surface area contributed by atoms with E-state index < -0.39 is 5.60 Å². The number of hydrogen-bond donors (Lipinski definition) is 1. The number of aromatic nitrogens is 1. The standard InChI is InChI=1S/C17H26N2O3/c1-17(2,3)22-16(21)19-14(7-5-11-20)8-9-15(19)13-6-4-10-18-12-13/h4,6,10,12,14-15,20H,5,7-9,11H2,1-3H3/t14-,15-/m0/s1. The molecule has 1 saturated heterocycles. The van der Waals surface area contributed by atoms with Crippen LogP contribution < -0.4 is 0 Å². The van der Waals surface area contributed by atoms with Crippen LogP contribution in [-0.4, -0.2) is 39.3 Å². The number of aliphatic hydroxyl groups is 1. The molecule has 1 aliphatic heterocycles. The maximum absolute atomic E-state index is 12.6. The Hall–Kier alpha value is -1.62. The van der Waals surface area contributed by atoms with Crippen molar-refractivity contribution in [1.82, 2.24) is 9.88 Å². The summed E-state index contributed by atoms with van der Waals surface area (Å²) in [6.45, 7) is 5.78. The third-order valence-electron chi connectivity index (χ3n) is 3.87. The fourth-order valence-corrected chi connectivity index (χ4v) is 2.98. The molecule has 0 aromatic carbocycles. The fourth-order valence-electron chi connectivity index (χ4n) is 2.98. The van der Waals surface area contributed by atoms with Gasteiger partial charge in [0.15, 0.2) is 0 Å². The summed E-state index contributed by atoms with van der Waals surface area (Å²) in [5.41, 5.74) is 0.528. The van der Waals surface area contributed by atoms with Crippen molar-refractivity contribution in [3.63, 3.8) is 0 Å². The molecule has 2 rings (SSSR count). The van der Waals surface area contributed by atoms with Crippen LogP contribution in [0.4, 0.5) is 4.79 Å². The number of carbonyl (C=O) groups is 1. The molecule has 5 nitrogen and oxygen atoms in total. The SMILES string of the molecule is CC(C)(C)OC(=O)N1[C@@H](CCCO)CC[C@H]1c1cccnc1. The molecule has 1 aromatic rings. The van der Waals surface area contributed by atoms with E-state index in [0.29, 0.717) is 6.42 Å². The number of hydrogen-bond acceptors (Lipinski definition) is 4. The minimum Gasteiger partial charge on any atom is -0.444 e. The number of amides is 1. The monoisotopic (exact) mass is 306 g/mol. The van der Waals surface area contributed by atoms with E-state index in [4.69, 9.17) is 9.84 Å². The molecule has 22 heavy (non-hydrogen) atoms. The lowest BCUT2D eigenvalue weighted by molar-refractivity contribution is 0.0131.